The van der Waals surface area contributed by atoms with E-state index in [0.29, 0.717) is 17.4 Å². The SMILES string of the molecule is Cc1csc(NC(=O)NCc2cccc(OCC(=O)N(C)C)c2)n1. The molecule has 0 aliphatic carbocycles. The number of hydrogen-bond donors (Lipinski definition) is 2. The van der Waals surface area contributed by atoms with Crippen LogP contribution in [0.4, 0.5) is 9.93 Å². The number of anilines is 1. The summed E-state index contributed by atoms with van der Waals surface area (Å²) in [4.78, 5) is 29.0. The molecule has 0 unspecified atom stereocenters. The zero-order valence-corrected chi connectivity index (χ0v) is 14.6. The number of likely N-dealkylation sites (N-methyl/N-ethyl adjacent to an activating group) is 1. The van der Waals surface area contributed by atoms with Crippen molar-refractivity contribution in [3.05, 3.63) is 40.9 Å². The smallest absolute Gasteiger partial charge is 0.321 e. The van der Waals surface area contributed by atoms with Crippen molar-refractivity contribution in [1.29, 1.82) is 0 Å². The first-order valence-electron chi connectivity index (χ1n) is 7.33. The molecule has 8 heteroatoms. The lowest BCUT2D eigenvalue weighted by atomic mass is 10.2. The van der Waals surface area contributed by atoms with Gasteiger partial charge in [0.15, 0.2) is 11.7 Å². The average molecular weight is 348 g/mol. The van der Waals surface area contributed by atoms with Gasteiger partial charge in [0, 0.05) is 26.0 Å². The molecule has 7 nitrogen and oxygen atoms in total. The molecule has 1 aromatic heterocycles. The third kappa shape index (κ3) is 5.54. The molecular formula is C16H20N4O3S. The van der Waals surface area contributed by atoms with E-state index in [1.165, 1.54) is 16.2 Å². The van der Waals surface area contributed by atoms with E-state index in [2.05, 4.69) is 15.6 Å². The number of aryl methyl sites for hydroxylation is 1. The number of hydrogen-bond acceptors (Lipinski definition) is 5. The second-order valence-electron chi connectivity index (χ2n) is 5.33. The van der Waals surface area contributed by atoms with Crippen LogP contribution in [0.5, 0.6) is 5.75 Å². The largest absolute Gasteiger partial charge is 0.484 e. The molecule has 0 aliphatic rings. The highest BCUT2D eigenvalue weighted by Crippen LogP contribution is 2.15. The van der Waals surface area contributed by atoms with Crippen LogP contribution in [0.25, 0.3) is 0 Å². The first-order chi connectivity index (χ1) is 11.4. The Balaban J connectivity index is 1.83. The molecule has 0 saturated heterocycles. The molecule has 1 aromatic carbocycles. The number of carbonyl (C=O) groups is 2. The summed E-state index contributed by atoms with van der Waals surface area (Å²) in [5.74, 6) is 0.470. The summed E-state index contributed by atoms with van der Waals surface area (Å²) in [7, 11) is 3.35. The van der Waals surface area contributed by atoms with E-state index in [0.717, 1.165) is 11.3 Å². The Labute approximate surface area is 144 Å². The molecule has 2 rings (SSSR count). The highest BCUT2D eigenvalue weighted by atomic mass is 32.1. The van der Waals surface area contributed by atoms with Crippen molar-refractivity contribution in [3.8, 4) is 5.75 Å². The summed E-state index contributed by atoms with van der Waals surface area (Å²) in [6, 6.07) is 6.92. The molecule has 0 bridgehead atoms. The summed E-state index contributed by atoms with van der Waals surface area (Å²) >= 11 is 1.37. The Hall–Kier alpha value is -2.61. The first-order valence-corrected chi connectivity index (χ1v) is 8.21. The minimum absolute atomic E-state index is 0.0201. The van der Waals surface area contributed by atoms with Gasteiger partial charge in [-0.2, -0.15) is 0 Å². The van der Waals surface area contributed by atoms with Crippen molar-refractivity contribution in [2.24, 2.45) is 0 Å². The maximum absolute atomic E-state index is 11.8. The molecule has 24 heavy (non-hydrogen) atoms. The molecule has 3 amide bonds. The van der Waals surface area contributed by atoms with Gasteiger partial charge in [-0.15, -0.1) is 11.3 Å². The molecule has 0 radical (unpaired) electrons. The number of rotatable bonds is 6. The van der Waals surface area contributed by atoms with Gasteiger partial charge < -0.3 is 15.0 Å². The Morgan fingerprint density at radius 1 is 1.33 bits per heavy atom. The number of benzene rings is 1. The van der Waals surface area contributed by atoms with Gasteiger partial charge in [0.05, 0.1) is 5.69 Å². The van der Waals surface area contributed by atoms with Gasteiger partial charge in [0.2, 0.25) is 0 Å². The molecule has 0 spiro atoms. The van der Waals surface area contributed by atoms with E-state index in [4.69, 9.17) is 4.74 Å². The number of aromatic nitrogens is 1. The molecule has 0 fully saturated rings. The number of carbonyl (C=O) groups excluding carboxylic acids is 2. The summed E-state index contributed by atoms with van der Waals surface area (Å²) < 4.78 is 5.45. The third-order valence-corrected chi connectivity index (χ3v) is 3.93. The predicted molar refractivity (Wildman–Crippen MR) is 93.3 cm³/mol. The second kappa shape index (κ2) is 8.30. The highest BCUT2D eigenvalue weighted by Gasteiger charge is 2.07. The summed E-state index contributed by atoms with van der Waals surface area (Å²) in [6.07, 6.45) is 0. The number of nitrogens with one attached hydrogen (secondary N) is 2. The summed E-state index contributed by atoms with van der Waals surface area (Å²) in [5, 5.41) is 7.86. The van der Waals surface area contributed by atoms with Gasteiger partial charge in [0.1, 0.15) is 5.75 Å². The lowest BCUT2D eigenvalue weighted by Crippen LogP contribution is -2.28. The molecule has 2 aromatic rings. The molecular weight excluding hydrogens is 328 g/mol. The molecule has 0 aliphatic heterocycles. The van der Waals surface area contributed by atoms with Gasteiger partial charge in [0.25, 0.3) is 5.91 Å². The predicted octanol–water partition coefficient (Wildman–Crippen LogP) is 2.24. The van der Waals surface area contributed by atoms with Crippen molar-refractivity contribution >= 4 is 28.4 Å². The van der Waals surface area contributed by atoms with E-state index in [9.17, 15) is 9.59 Å². The Bertz CT molecular complexity index is 715. The van der Waals surface area contributed by atoms with Crippen molar-refractivity contribution in [1.82, 2.24) is 15.2 Å². The average Bonchev–Trinajstić information content (AvgIpc) is 2.96. The van der Waals surface area contributed by atoms with Crippen LogP contribution in [0.1, 0.15) is 11.3 Å². The maximum Gasteiger partial charge on any atom is 0.321 e. The van der Waals surface area contributed by atoms with Crippen LogP contribution in [0.3, 0.4) is 0 Å². The Kier molecular flexibility index (Phi) is 6.14. The van der Waals surface area contributed by atoms with Crippen molar-refractivity contribution < 1.29 is 14.3 Å². The van der Waals surface area contributed by atoms with E-state index in [1.807, 2.05) is 24.4 Å². The monoisotopic (exact) mass is 348 g/mol. The molecule has 1 heterocycles. The zero-order valence-electron chi connectivity index (χ0n) is 13.8. The number of amides is 3. The topological polar surface area (TPSA) is 83.6 Å². The Morgan fingerprint density at radius 3 is 2.79 bits per heavy atom. The fraction of sp³-hybridized carbons (Fsp3) is 0.312. The fourth-order valence-corrected chi connectivity index (χ4v) is 2.44. The lowest BCUT2D eigenvalue weighted by molar-refractivity contribution is -0.130. The van der Waals surface area contributed by atoms with Crippen molar-refractivity contribution in [2.45, 2.75) is 13.5 Å². The third-order valence-electron chi connectivity index (χ3n) is 3.05. The standard InChI is InChI=1S/C16H20N4O3S/c1-11-10-24-16(18-11)19-15(22)17-8-12-5-4-6-13(7-12)23-9-14(21)20(2)3/h4-7,10H,8-9H2,1-3H3,(H2,17,18,19,22). The maximum atomic E-state index is 11.8. The molecule has 128 valence electrons. The van der Waals surface area contributed by atoms with Gasteiger partial charge in [-0.3, -0.25) is 10.1 Å². The minimum atomic E-state index is -0.321. The normalized spacial score (nSPS) is 10.1. The van der Waals surface area contributed by atoms with Gasteiger partial charge in [-0.05, 0) is 24.6 Å². The van der Waals surface area contributed by atoms with E-state index in [1.54, 1.807) is 26.2 Å². The Morgan fingerprint density at radius 2 is 2.12 bits per heavy atom. The molecule has 2 N–H and O–H groups in total. The number of urea groups is 1. The second-order valence-corrected chi connectivity index (χ2v) is 6.18. The van der Waals surface area contributed by atoms with E-state index < -0.39 is 0 Å². The van der Waals surface area contributed by atoms with Gasteiger partial charge >= 0.3 is 6.03 Å². The first kappa shape index (κ1) is 17.7. The van der Waals surface area contributed by atoms with Gasteiger partial charge in [-0.1, -0.05) is 12.1 Å². The van der Waals surface area contributed by atoms with Crippen LogP contribution in [0.15, 0.2) is 29.6 Å². The number of ether oxygens (including phenoxy) is 1. The van der Waals surface area contributed by atoms with Crippen molar-refractivity contribution in [3.63, 3.8) is 0 Å². The molecule has 0 atom stereocenters. The van der Waals surface area contributed by atoms with Crippen LogP contribution in [0, 0.1) is 6.92 Å². The zero-order chi connectivity index (χ0) is 17.5. The van der Waals surface area contributed by atoms with Crippen LogP contribution < -0.4 is 15.4 Å². The lowest BCUT2D eigenvalue weighted by Gasteiger charge is -2.12. The van der Waals surface area contributed by atoms with Crippen LogP contribution in [0.2, 0.25) is 0 Å². The fourth-order valence-electron chi connectivity index (χ4n) is 1.75. The van der Waals surface area contributed by atoms with E-state index >= 15 is 0 Å². The number of nitrogens with zero attached hydrogens (tertiary/aromatic N) is 2. The number of thiazole rings is 1. The van der Waals surface area contributed by atoms with E-state index in [-0.39, 0.29) is 18.5 Å². The molecule has 0 saturated carbocycles. The van der Waals surface area contributed by atoms with Crippen LogP contribution >= 0.6 is 11.3 Å². The van der Waals surface area contributed by atoms with Crippen LogP contribution in [-0.2, 0) is 11.3 Å². The minimum Gasteiger partial charge on any atom is -0.484 e. The highest BCUT2D eigenvalue weighted by molar-refractivity contribution is 7.13. The van der Waals surface area contributed by atoms with Crippen LogP contribution in [-0.4, -0.2) is 42.5 Å². The van der Waals surface area contributed by atoms with Crippen molar-refractivity contribution in [2.75, 3.05) is 26.0 Å². The quantitative estimate of drug-likeness (QED) is 0.839. The van der Waals surface area contributed by atoms with Gasteiger partial charge in [-0.25, -0.2) is 9.78 Å². The summed E-state index contributed by atoms with van der Waals surface area (Å²) in [6.45, 7) is 2.19. The summed E-state index contributed by atoms with van der Waals surface area (Å²) in [5.41, 5.74) is 1.74.